The zero-order chi connectivity index (χ0) is 9.23. The van der Waals surface area contributed by atoms with Crippen LogP contribution in [0.25, 0.3) is 0 Å². The quantitative estimate of drug-likeness (QED) is 0.341. The van der Waals surface area contributed by atoms with Crippen molar-refractivity contribution < 1.29 is 13.6 Å². The summed E-state index contributed by atoms with van der Waals surface area (Å²) < 4.78 is 20.3. The highest BCUT2D eigenvalue weighted by atomic mass is 31.1. The molecule has 0 aromatic rings. The van der Waals surface area contributed by atoms with Gasteiger partial charge in [-0.05, 0) is 13.1 Å². The first-order chi connectivity index (χ1) is 5.81. The van der Waals surface area contributed by atoms with Gasteiger partial charge in [-0.25, -0.2) is 0 Å². The fourth-order valence-corrected chi connectivity index (χ4v) is 0.906. The molecule has 0 unspecified atom stereocenters. The van der Waals surface area contributed by atoms with E-state index in [0.717, 1.165) is 13.1 Å². The van der Waals surface area contributed by atoms with E-state index in [1.54, 1.807) is 0 Å². The monoisotopic (exact) mass is 195 g/mol. The van der Waals surface area contributed by atoms with Crippen molar-refractivity contribution in [3.63, 3.8) is 0 Å². The van der Waals surface area contributed by atoms with E-state index in [2.05, 4.69) is 10.6 Å². The molecular weight excluding hydrogens is 179 g/mol. The van der Waals surface area contributed by atoms with Crippen LogP contribution in [0.2, 0.25) is 0 Å². The van der Waals surface area contributed by atoms with Crippen LogP contribution >= 0.6 is 8.25 Å². The van der Waals surface area contributed by atoms with E-state index in [9.17, 15) is 4.57 Å². The van der Waals surface area contributed by atoms with Gasteiger partial charge in [-0.3, -0.25) is 10.6 Å². The van der Waals surface area contributed by atoms with Crippen molar-refractivity contribution >= 4 is 8.25 Å². The van der Waals surface area contributed by atoms with Crippen molar-refractivity contribution in [3.05, 3.63) is 0 Å². The number of hydrogen-bond donors (Lipinski definition) is 2. The standard InChI is InChI=1S/C6H16N2O3P/c1-3-7-5-10-12(9)11-6-8-4-2/h7-8H,3-6H2,1-2H3/q+1. The molecule has 2 N–H and O–H groups in total. The van der Waals surface area contributed by atoms with E-state index >= 15 is 0 Å². The average molecular weight is 195 g/mol. The third-order valence-corrected chi connectivity index (χ3v) is 1.72. The van der Waals surface area contributed by atoms with Gasteiger partial charge in [0.05, 0.1) is 0 Å². The molecule has 0 radical (unpaired) electrons. The van der Waals surface area contributed by atoms with Gasteiger partial charge < -0.3 is 0 Å². The Morgan fingerprint density at radius 3 is 1.83 bits per heavy atom. The van der Waals surface area contributed by atoms with Crippen LogP contribution in [-0.4, -0.2) is 26.6 Å². The van der Waals surface area contributed by atoms with Gasteiger partial charge in [0, 0.05) is 4.57 Å². The smallest absolute Gasteiger partial charge is 0.291 e. The molecule has 0 bridgehead atoms. The molecule has 72 valence electrons. The first-order valence-electron chi connectivity index (χ1n) is 3.95. The molecule has 0 heterocycles. The van der Waals surface area contributed by atoms with Crippen LogP contribution in [0, 0.1) is 0 Å². The van der Waals surface area contributed by atoms with Gasteiger partial charge in [0.15, 0.2) is 13.5 Å². The molecule has 0 spiro atoms. The molecule has 0 rings (SSSR count). The first kappa shape index (κ1) is 11.9. The molecule has 0 aromatic heterocycles. The van der Waals surface area contributed by atoms with Gasteiger partial charge in [0.1, 0.15) is 0 Å². The molecular formula is C6H16N2O3P+. The zero-order valence-electron chi connectivity index (χ0n) is 7.50. The third-order valence-electron chi connectivity index (χ3n) is 1.04. The van der Waals surface area contributed by atoms with Gasteiger partial charge in [-0.1, -0.05) is 13.8 Å². The first-order valence-corrected chi connectivity index (χ1v) is 5.05. The van der Waals surface area contributed by atoms with E-state index in [1.165, 1.54) is 0 Å². The summed E-state index contributed by atoms with van der Waals surface area (Å²) in [6.07, 6.45) is 0. The van der Waals surface area contributed by atoms with Crippen LogP contribution in [0.4, 0.5) is 0 Å². The maximum atomic E-state index is 10.8. The summed E-state index contributed by atoms with van der Waals surface area (Å²) in [4.78, 5) is 0. The van der Waals surface area contributed by atoms with Crippen molar-refractivity contribution in [1.29, 1.82) is 0 Å². The van der Waals surface area contributed by atoms with Crippen LogP contribution < -0.4 is 10.6 Å². The molecule has 0 fully saturated rings. The lowest BCUT2D eigenvalue weighted by Crippen LogP contribution is -2.17. The van der Waals surface area contributed by atoms with Crippen molar-refractivity contribution in [2.24, 2.45) is 0 Å². The molecule has 0 aliphatic rings. The predicted octanol–water partition coefficient (Wildman–Crippen LogP) is 0.811. The van der Waals surface area contributed by atoms with Gasteiger partial charge in [0.2, 0.25) is 0 Å². The van der Waals surface area contributed by atoms with Gasteiger partial charge in [-0.15, -0.1) is 9.05 Å². The SMILES string of the molecule is CCNCO[P+](=O)OCNCC. The normalized spacial score (nSPS) is 10.2. The van der Waals surface area contributed by atoms with Crippen LogP contribution in [-0.2, 0) is 13.6 Å². The minimum atomic E-state index is -1.98. The Hall–Kier alpha value is -0.0600. The second-order valence-corrected chi connectivity index (χ2v) is 2.94. The molecule has 12 heavy (non-hydrogen) atoms. The fraction of sp³-hybridized carbons (Fsp3) is 1.00. The molecule has 0 atom stereocenters. The Bertz CT molecular complexity index is 111. The van der Waals surface area contributed by atoms with Gasteiger partial charge in [-0.2, -0.15) is 0 Å². The Morgan fingerprint density at radius 1 is 1.08 bits per heavy atom. The van der Waals surface area contributed by atoms with Crippen LogP contribution in [0.15, 0.2) is 0 Å². The topological polar surface area (TPSA) is 59.6 Å². The zero-order valence-corrected chi connectivity index (χ0v) is 8.39. The molecule has 6 heteroatoms. The van der Waals surface area contributed by atoms with Gasteiger partial charge >= 0.3 is 8.25 Å². The lowest BCUT2D eigenvalue weighted by Gasteiger charge is -1.93. The molecule has 0 amide bonds. The van der Waals surface area contributed by atoms with Crippen molar-refractivity contribution in [2.45, 2.75) is 13.8 Å². The summed E-state index contributed by atoms with van der Waals surface area (Å²) in [5.41, 5.74) is 0. The van der Waals surface area contributed by atoms with E-state index in [4.69, 9.17) is 9.05 Å². The third kappa shape index (κ3) is 8.04. The van der Waals surface area contributed by atoms with Crippen molar-refractivity contribution in [1.82, 2.24) is 10.6 Å². The number of rotatable bonds is 8. The summed E-state index contributed by atoms with van der Waals surface area (Å²) in [6, 6.07) is 0. The molecule has 5 nitrogen and oxygen atoms in total. The summed E-state index contributed by atoms with van der Waals surface area (Å²) in [5, 5.41) is 5.73. The summed E-state index contributed by atoms with van der Waals surface area (Å²) >= 11 is 0. The minimum absolute atomic E-state index is 0.262. The minimum Gasteiger partial charge on any atom is -0.291 e. The number of nitrogens with one attached hydrogen (secondary N) is 2. The highest BCUT2D eigenvalue weighted by molar-refractivity contribution is 7.33. The average Bonchev–Trinajstić information content (AvgIpc) is 2.06. The van der Waals surface area contributed by atoms with E-state index in [1.807, 2.05) is 13.8 Å². The Morgan fingerprint density at radius 2 is 1.50 bits per heavy atom. The van der Waals surface area contributed by atoms with E-state index < -0.39 is 8.25 Å². The largest absolute Gasteiger partial charge is 0.700 e. The maximum absolute atomic E-state index is 10.8. The molecule has 0 aromatic carbocycles. The summed E-state index contributed by atoms with van der Waals surface area (Å²) in [6.45, 7) is 5.98. The lowest BCUT2D eigenvalue weighted by atomic mass is 10.8. The molecule has 0 saturated heterocycles. The summed E-state index contributed by atoms with van der Waals surface area (Å²) in [7, 11) is -1.98. The molecule has 0 aliphatic carbocycles. The predicted molar refractivity (Wildman–Crippen MR) is 46.9 cm³/mol. The highest BCUT2D eigenvalue weighted by Gasteiger charge is 2.18. The highest BCUT2D eigenvalue weighted by Crippen LogP contribution is 2.21. The Labute approximate surface area is 73.8 Å². The van der Waals surface area contributed by atoms with Crippen LogP contribution in [0.3, 0.4) is 0 Å². The second-order valence-electron chi connectivity index (χ2n) is 1.98. The van der Waals surface area contributed by atoms with Crippen molar-refractivity contribution in [3.8, 4) is 0 Å². The fourth-order valence-electron chi connectivity index (χ4n) is 0.438. The van der Waals surface area contributed by atoms with Crippen LogP contribution in [0.1, 0.15) is 13.8 Å². The molecule has 0 saturated carbocycles. The van der Waals surface area contributed by atoms with Gasteiger partial charge in [0.25, 0.3) is 0 Å². The lowest BCUT2D eigenvalue weighted by molar-refractivity contribution is 0.204. The number of hydrogen-bond acceptors (Lipinski definition) is 5. The van der Waals surface area contributed by atoms with E-state index in [0.29, 0.717) is 0 Å². The maximum Gasteiger partial charge on any atom is 0.700 e. The second kappa shape index (κ2) is 9.03. The van der Waals surface area contributed by atoms with Crippen molar-refractivity contribution in [2.75, 3.05) is 26.6 Å². The van der Waals surface area contributed by atoms with E-state index in [-0.39, 0.29) is 13.5 Å². The molecule has 0 aliphatic heterocycles. The summed E-state index contributed by atoms with van der Waals surface area (Å²) in [5.74, 6) is 0. The Balaban J connectivity index is 3.10. The Kier molecular flexibility index (Phi) is 8.99. The van der Waals surface area contributed by atoms with Crippen LogP contribution in [0.5, 0.6) is 0 Å².